The van der Waals surface area contributed by atoms with Crippen molar-refractivity contribution in [2.24, 2.45) is 0 Å². The van der Waals surface area contributed by atoms with Crippen LogP contribution in [0.25, 0.3) is 0 Å². The molecule has 23 heavy (non-hydrogen) atoms. The van der Waals surface area contributed by atoms with E-state index >= 15 is 0 Å². The second-order valence-corrected chi connectivity index (χ2v) is 5.99. The molecule has 0 radical (unpaired) electrons. The van der Waals surface area contributed by atoms with Crippen LogP contribution >= 0.6 is 11.3 Å². The van der Waals surface area contributed by atoms with E-state index in [9.17, 15) is 14.4 Å². The van der Waals surface area contributed by atoms with Gasteiger partial charge in [-0.15, -0.1) is 11.3 Å². The first-order valence-electron chi connectivity index (χ1n) is 7.40. The smallest absolute Gasteiger partial charge is 0.348 e. The van der Waals surface area contributed by atoms with Crippen LogP contribution in [0, 0.1) is 6.92 Å². The van der Waals surface area contributed by atoms with Crippen LogP contribution in [0.15, 0.2) is 12.7 Å². The fourth-order valence-corrected chi connectivity index (χ4v) is 3.62. The Morgan fingerprint density at radius 3 is 2.65 bits per heavy atom. The summed E-state index contributed by atoms with van der Waals surface area (Å²) in [5.41, 5.74) is 0.759. The molecule has 0 N–H and O–H groups in total. The second-order valence-electron chi connectivity index (χ2n) is 4.99. The van der Waals surface area contributed by atoms with Crippen LogP contribution in [0.3, 0.4) is 0 Å². The van der Waals surface area contributed by atoms with E-state index in [0.717, 1.165) is 17.8 Å². The van der Waals surface area contributed by atoms with Crippen molar-refractivity contribution in [1.82, 2.24) is 0 Å². The van der Waals surface area contributed by atoms with Crippen molar-refractivity contribution in [2.75, 3.05) is 24.7 Å². The van der Waals surface area contributed by atoms with Gasteiger partial charge in [-0.1, -0.05) is 12.7 Å². The maximum atomic E-state index is 12.3. The summed E-state index contributed by atoms with van der Waals surface area (Å²) < 4.78 is 10.1. The van der Waals surface area contributed by atoms with E-state index in [0.29, 0.717) is 28.4 Å². The molecule has 1 aliphatic rings. The molecular weight excluding hydrogens is 318 g/mol. The Kier molecular flexibility index (Phi) is 5.54. The summed E-state index contributed by atoms with van der Waals surface area (Å²) in [6.07, 6.45) is 2.64. The summed E-state index contributed by atoms with van der Waals surface area (Å²) in [6.45, 7) is 7.71. The molecule has 1 saturated heterocycles. The maximum absolute atomic E-state index is 12.3. The minimum atomic E-state index is -0.532. The van der Waals surface area contributed by atoms with Crippen molar-refractivity contribution in [1.29, 1.82) is 0 Å². The number of rotatable bonds is 6. The lowest BCUT2D eigenvalue weighted by atomic mass is 10.1. The number of anilines is 1. The summed E-state index contributed by atoms with van der Waals surface area (Å²) in [5.74, 6) is -1.11. The van der Waals surface area contributed by atoms with Crippen LogP contribution in [0.4, 0.5) is 5.00 Å². The molecule has 0 bridgehead atoms. The van der Waals surface area contributed by atoms with Gasteiger partial charge < -0.3 is 14.4 Å². The number of amides is 1. The standard InChI is InChI=1S/C16H19NO5S/c1-4-9-22-16(20)13-10(3)12(15(19)21-5-2)14(23-13)17-8-6-7-11(17)18/h4H,1,5-9H2,2-3H3. The quantitative estimate of drug-likeness (QED) is 0.589. The predicted octanol–water partition coefficient (Wildman–Crippen LogP) is 2.70. The van der Waals surface area contributed by atoms with Crippen molar-refractivity contribution in [2.45, 2.75) is 26.7 Å². The van der Waals surface area contributed by atoms with Crippen LogP contribution in [0.5, 0.6) is 0 Å². The molecule has 2 heterocycles. The average Bonchev–Trinajstić information content (AvgIpc) is 3.08. The summed E-state index contributed by atoms with van der Waals surface area (Å²) >= 11 is 1.10. The van der Waals surface area contributed by atoms with Gasteiger partial charge in [0.2, 0.25) is 5.91 Å². The second kappa shape index (κ2) is 7.41. The Labute approximate surface area is 138 Å². The van der Waals surface area contributed by atoms with E-state index in [-0.39, 0.29) is 24.7 Å². The van der Waals surface area contributed by atoms with Gasteiger partial charge in [0.1, 0.15) is 16.5 Å². The molecule has 124 valence electrons. The number of carbonyl (C=O) groups is 3. The van der Waals surface area contributed by atoms with Gasteiger partial charge in [0.05, 0.1) is 12.2 Å². The van der Waals surface area contributed by atoms with Gasteiger partial charge in [0, 0.05) is 13.0 Å². The van der Waals surface area contributed by atoms with E-state index in [2.05, 4.69) is 6.58 Å². The van der Waals surface area contributed by atoms with Gasteiger partial charge >= 0.3 is 11.9 Å². The lowest BCUT2D eigenvalue weighted by Crippen LogP contribution is -2.25. The van der Waals surface area contributed by atoms with E-state index in [1.165, 1.54) is 6.08 Å². The molecule has 1 amide bonds. The number of hydrogen-bond acceptors (Lipinski definition) is 6. The highest BCUT2D eigenvalue weighted by Gasteiger charge is 2.33. The van der Waals surface area contributed by atoms with Gasteiger partial charge in [-0.25, -0.2) is 9.59 Å². The first-order valence-corrected chi connectivity index (χ1v) is 8.21. The minimum Gasteiger partial charge on any atom is -0.462 e. The van der Waals surface area contributed by atoms with Crippen LogP contribution in [-0.2, 0) is 14.3 Å². The fourth-order valence-electron chi connectivity index (χ4n) is 2.39. The number of hydrogen-bond donors (Lipinski definition) is 0. The minimum absolute atomic E-state index is 0.0530. The summed E-state index contributed by atoms with van der Waals surface area (Å²) in [5, 5.41) is 0.467. The molecule has 6 nitrogen and oxygen atoms in total. The third kappa shape index (κ3) is 3.44. The number of ether oxygens (including phenoxy) is 2. The van der Waals surface area contributed by atoms with Crippen molar-refractivity contribution in [3.63, 3.8) is 0 Å². The zero-order valence-corrected chi connectivity index (χ0v) is 14.0. The molecule has 1 aromatic rings. The Bertz CT molecular complexity index is 649. The molecule has 0 aromatic carbocycles. The van der Waals surface area contributed by atoms with Crippen LogP contribution in [-0.4, -0.2) is 37.6 Å². The number of esters is 2. The largest absolute Gasteiger partial charge is 0.462 e. The number of carbonyl (C=O) groups excluding carboxylic acids is 3. The van der Waals surface area contributed by atoms with Gasteiger partial charge in [-0.05, 0) is 25.8 Å². The maximum Gasteiger partial charge on any atom is 0.348 e. The Hall–Kier alpha value is -2.15. The molecule has 0 saturated carbocycles. The van der Waals surface area contributed by atoms with Gasteiger partial charge in [0.25, 0.3) is 0 Å². The molecular formula is C16H19NO5S. The van der Waals surface area contributed by atoms with Crippen molar-refractivity contribution in [3.05, 3.63) is 28.7 Å². The molecule has 2 rings (SSSR count). The third-order valence-corrected chi connectivity index (χ3v) is 4.74. The Morgan fingerprint density at radius 1 is 1.35 bits per heavy atom. The summed E-state index contributed by atoms with van der Waals surface area (Å²) in [6, 6.07) is 0. The Morgan fingerprint density at radius 2 is 2.09 bits per heavy atom. The SMILES string of the molecule is C=CCOC(=O)c1sc(N2CCCC2=O)c(C(=O)OCC)c1C. The van der Waals surface area contributed by atoms with Gasteiger partial charge in [0.15, 0.2) is 0 Å². The molecule has 7 heteroatoms. The highest BCUT2D eigenvalue weighted by molar-refractivity contribution is 7.18. The molecule has 1 aromatic heterocycles. The number of nitrogens with zero attached hydrogens (tertiary/aromatic N) is 1. The highest BCUT2D eigenvalue weighted by atomic mass is 32.1. The van der Waals surface area contributed by atoms with Gasteiger partial charge in [-0.2, -0.15) is 0 Å². The zero-order chi connectivity index (χ0) is 17.0. The monoisotopic (exact) mass is 337 g/mol. The van der Waals surface area contributed by atoms with Crippen LogP contribution < -0.4 is 4.90 Å². The molecule has 1 fully saturated rings. The lowest BCUT2D eigenvalue weighted by Gasteiger charge is -2.15. The normalized spacial score (nSPS) is 14.0. The molecule has 0 atom stereocenters. The number of thiophene rings is 1. The van der Waals surface area contributed by atoms with E-state index in [1.807, 2.05) is 0 Å². The van der Waals surface area contributed by atoms with E-state index in [4.69, 9.17) is 9.47 Å². The van der Waals surface area contributed by atoms with Crippen LogP contribution in [0.1, 0.15) is 45.4 Å². The first kappa shape index (κ1) is 17.2. The molecule has 1 aliphatic heterocycles. The Balaban J connectivity index is 2.46. The van der Waals surface area contributed by atoms with Crippen molar-refractivity contribution in [3.8, 4) is 0 Å². The first-order chi connectivity index (χ1) is 11.0. The van der Waals surface area contributed by atoms with Gasteiger partial charge in [-0.3, -0.25) is 4.79 Å². The highest BCUT2D eigenvalue weighted by Crippen LogP contribution is 2.38. The molecule has 0 aliphatic carbocycles. The van der Waals surface area contributed by atoms with E-state index < -0.39 is 11.9 Å². The lowest BCUT2D eigenvalue weighted by molar-refractivity contribution is -0.117. The van der Waals surface area contributed by atoms with Crippen molar-refractivity contribution < 1.29 is 23.9 Å². The third-order valence-electron chi connectivity index (χ3n) is 3.44. The van der Waals surface area contributed by atoms with Crippen LogP contribution in [0.2, 0.25) is 0 Å². The predicted molar refractivity (Wildman–Crippen MR) is 87.1 cm³/mol. The van der Waals surface area contributed by atoms with E-state index in [1.54, 1.807) is 18.7 Å². The molecule has 0 spiro atoms. The fraction of sp³-hybridized carbons (Fsp3) is 0.438. The molecule has 0 unspecified atom stereocenters. The summed E-state index contributed by atoms with van der Waals surface area (Å²) in [4.78, 5) is 38.3. The summed E-state index contributed by atoms with van der Waals surface area (Å²) in [7, 11) is 0. The zero-order valence-electron chi connectivity index (χ0n) is 13.2. The topological polar surface area (TPSA) is 72.9 Å². The van der Waals surface area contributed by atoms with Crippen molar-refractivity contribution >= 4 is 34.2 Å². The average molecular weight is 337 g/mol.